The van der Waals surface area contributed by atoms with Gasteiger partial charge in [-0.15, -0.1) is 0 Å². The van der Waals surface area contributed by atoms with E-state index < -0.39 is 0 Å². The minimum Gasteiger partial charge on any atom is -0.393 e. The lowest BCUT2D eigenvalue weighted by molar-refractivity contribution is 0.0730. The first-order valence-corrected chi connectivity index (χ1v) is 6.51. The van der Waals surface area contributed by atoms with Crippen LogP contribution in [0.25, 0.3) is 0 Å². The van der Waals surface area contributed by atoms with Crippen molar-refractivity contribution in [3.63, 3.8) is 0 Å². The molecule has 2 unspecified atom stereocenters. The van der Waals surface area contributed by atoms with Crippen LogP contribution in [0.5, 0.6) is 0 Å². The SMILES string of the molecule is COCCN(CCCCC(C)O)C(C)COC. The summed E-state index contributed by atoms with van der Waals surface area (Å²) in [5.41, 5.74) is 0. The third-order valence-corrected chi connectivity index (χ3v) is 2.93. The van der Waals surface area contributed by atoms with Gasteiger partial charge in [0.1, 0.15) is 0 Å². The zero-order chi connectivity index (χ0) is 13.1. The zero-order valence-electron chi connectivity index (χ0n) is 11.8. The van der Waals surface area contributed by atoms with Crippen LogP contribution in [0.15, 0.2) is 0 Å². The largest absolute Gasteiger partial charge is 0.393 e. The van der Waals surface area contributed by atoms with Gasteiger partial charge in [0.05, 0.1) is 19.3 Å². The van der Waals surface area contributed by atoms with Crippen molar-refractivity contribution in [3.05, 3.63) is 0 Å². The van der Waals surface area contributed by atoms with Crippen LogP contribution in [0.3, 0.4) is 0 Å². The Morgan fingerprint density at radius 1 is 1.06 bits per heavy atom. The summed E-state index contributed by atoms with van der Waals surface area (Å²) in [4.78, 5) is 2.38. The Bertz CT molecular complexity index is 165. The standard InChI is InChI=1S/C13H29NO3/c1-12(11-17-4)14(9-10-16-3)8-6-5-7-13(2)15/h12-13,15H,5-11H2,1-4H3. The summed E-state index contributed by atoms with van der Waals surface area (Å²) in [6, 6.07) is 0.418. The maximum atomic E-state index is 9.20. The van der Waals surface area contributed by atoms with Gasteiger partial charge in [-0.05, 0) is 39.7 Å². The number of methoxy groups -OCH3 is 2. The van der Waals surface area contributed by atoms with Crippen LogP contribution in [-0.2, 0) is 9.47 Å². The second-order valence-corrected chi connectivity index (χ2v) is 4.68. The molecule has 2 atom stereocenters. The predicted molar refractivity (Wildman–Crippen MR) is 70.3 cm³/mol. The lowest BCUT2D eigenvalue weighted by Gasteiger charge is -2.28. The van der Waals surface area contributed by atoms with Gasteiger partial charge in [0.25, 0.3) is 0 Å². The first-order chi connectivity index (χ1) is 8.11. The van der Waals surface area contributed by atoms with E-state index in [2.05, 4.69) is 11.8 Å². The number of hydrogen-bond donors (Lipinski definition) is 1. The Hall–Kier alpha value is -0.160. The normalized spacial score (nSPS) is 15.2. The fraction of sp³-hybridized carbons (Fsp3) is 1.00. The monoisotopic (exact) mass is 247 g/mol. The van der Waals surface area contributed by atoms with Crippen molar-refractivity contribution in [2.24, 2.45) is 0 Å². The number of aliphatic hydroxyl groups is 1. The number of aliphatic hydroxyl groups excluding tert-OH is 1. The van der Waals surface area contributed by atoms with Crippen LogP contribution in [0.2, 0.25) is 0 Å². The molecule has 0 heterocycles. The number of nitrogens with zero attached hydrogens (tertiary/aromatic N) is 1. The minimum atomic E-state index is -0.182. The second kappa shape index (κ2) is 11.0. The minimum absolute atomic E-state index is 0.182. The van der Waals surface area contributed by atoms with E-state index in [1.165, 1.54) is 0 Å². The van der Waals surface area contributed by atoms with E-state index in [4.69, 9.17) is 9.47 Å². The highest BCUT2D eigenvalue weighted by molar-refractivity contribution is 4.67. The highest BCUT2D eigenvalue weighted by Crippen LogP contribution is 2.06. The third-order valence-electron chi connectivity index (χ3n) is 2.93. The van der Waals surface area contributed by atoms with Gasteiger partial charge in [-0.25, -0.2) is 0 Å². The zero-order valence-corrected chi connectivity index (χ0v) is 11.8. The third kappa shape index (κ3) is 9.53. The van der Waals surface area contributed by atoms with E-state index in [1.807, 2.05) is 6.92 Å². The van der Waals surface area contributed by atoms with Crippen molar-refractivity contribution in [2.75, 3.05) is 40.5 Å². The molecule has 0 bridgehead atoms. The topological polar surface area (TPSA) is 41.9 Å². The van der Waals surface area contributed by atoms with Gasteiger partial charge in [-0.2, -0.15) is 0 Å². The molecular weight excluding hydrogens is 218 g/mol. The molecule has 0 aliphatic rings. The number of unbranched alkanes of at least 4 members (excludes halogenated alkanes) is 1. The van der Waals surface area contributed by atoms with Gasteiger partial charge >= 0.3 is 0 Å². The summed E-state index contributed by atoms with van der Waals surface area (Å²) in [5, 5.41) is 9.20. The average molecular weight is 247 g/mol. The molecule has 0 aromatic carbocycles. The molecule has 0 aliphatic heterocycles. The quantitative estimate of drug-likeness (QED) is 0.562. The van der Waals surface area contributed by atoms with Crippen LogP contribution >= 0.6 is 0 Å². The van der Waals surface area contributed by atoms with Gasteiger partial charge in [0.2, 0.25) is 0 Å². The molecule has 104 valence electrons. The maximum Gasteiger partial charge on any atom is 0.0615 e. The molecule has 4 nitrogen and oxygen atoms in total. The number of ether oxygens (including phenoxy) is 2. The molecule has 0 rings (SSSR count). The highest BCUT2D eigenvalue weighted by atomic mass is 16.5. The van der Waals surface area contributed by atoms with Crippen LogP contribution in [-0.4, -0.2) is 62.7 Å². The van der Waals surface area contributed by atoms with Crippen LogP contribution in [0, 0.1) is 0 Å². The first-order valence-electron chi connectivity index (χ1n) is 6.51. The van der Waals surface area contributed by atoms with E-state index in [-0.39, 0.29) is 6.10 Å². The van der Waals surface area contributed by atoms with E-state index in [1.54, 1.807) is 14.2 Å². The van der Waals surface area contributed by atoms with Gasteiger partial charge in [0, 0.05) is 26.8 Å². The molecular formula is C13H29NO3. The van der Waals surface area contributed by atoms with Crippen LogP contribution in [0.1, 0.15) is 33.1 Å². The van der Waals surface area contributed by atoms with Crippen molar-refractivity contribution in [2.45, 2.75) is 45.3 Å². The van der Waals surface area contributed by atoms with Crippen molar-refractivity contribution < 1.29 is 14.6 Å². The molecule has 17 heavy (non-hydrogen) atoms. The van der Waals surface area contributed by atoms with Gasteiger partial charge < -0.3 is 14.6 Å². The molecule has 0 saturated heterocycles. The summed E-state index contributed by atoms with van der Waals surface area (Å²) < 4.78 is 10.3. The Labute approximate surface area is 106 Å². The summed E-state index contributed by atoms with van der Waals surface area (Å²) in [5.74, 6) is 0. The van der Waals surface area contributed by atoms with Crippen LogP contribution in [0.4, 0.5) is 0 Å². The van der Waals surface area contributed by atoms with E-state index in [0.717, 1.165) is 45.6 Å². The molecule has 0 aromatic rings. The molecule has 0 fully saturated rings. The lowest BCUT2D eigenvalue weighted by Crippen LogP contribution is -2.39. The molecule has 0 aliphatic carbocycles. The first kappa shape index (κ1) is 16.8. The average Bonchev–Trinajstić information content (AvgIpc) is 2.28. The van der Waals surface area contributed by atoms with E-state index >= 15 is 0 Å². The molecule has 0 amide bonds. The van der Waals surface area contributed by atoms with Gasteiger partial charge in [-0.3, -0.25) is 4.90 Å². The Morgan fingerprint density at radius 2 is 1.76 bits per heavy atom. The summed E-state index contributed by atoms with van der Waals surface area (Å²) in [6.07, 6.45) is 2.89. The molecule has 0 spiro atoms. The van der Waals surface area contributed by atoms with Crippen molar-refractivity contribution >= 4 is 0 Å². The predicted octanol–water partition coefficient (Wildman–Crippen LogP) is 1.52. The van der Waals surface area contributed by atoms with Crippen molar-refractivity contribution in [1.82, 2.24) is 4.90 Å². The lowest BCUT2D eigenvalue weighted by atomic mass is 10.1. The van der Waals surface area contributed by atoms with Gasteiger partial charge in [-0.1, -0.05) is 0 Å². The summed E-state index contributed by atoms with van der Waals surface area (Å²) in [7, 11) is 3.46. The van der Waals surface area contributed by atoms with Crippen molar-refractivity contribution in [1.29, 1.82) is 0 Å². The molecule has 0 saturated carbocycles. The molecule has 0 radical (unpaired) electrons. The summed E-state index contributed by atoms with van der Waals surface area (Å²) in [6.45, 7) is 7.50. The van der Waals surface area contributed by atoms with E-state index in [0.29, 0.717) is 6.04 Å². The fourth-order valence-corrected chi connectivity index (χ4v) is 1.86. The smallest absolute Gasteiger partial charge is 0.0615 e. The van der Waals surface area contributed by atoms with Crippen molar-refractivity contribution in [3.8, 4) is 0 Å². The molecule has 1 N–H and O–H groups in total. The molecule has 0 aromatic heterocycles. The second-order valence-electron chi connectivity index (χ2n) is 4.68. The number of hydrogen-bond acceptors (Lipinski definition) is 4. The summed E-state index contributed by atoms with van der Waals surface area (Å²) >= 11 is 0. The van der Waals surface area contributed by atoms with Crippen LogP contribution < -0.4 is 0 Å². The molecule has 4 heteroatoms. The fourth-order valence-electron chi connectivity index (χ4n) is 1.86. The highest BCUT2D eigenvalue weighted by Gasteiger charge is 2.12. The van der Waals surface area contributed by atoms with E-state index in [9.17, 15) is 5.11 Å². The Morgan fingerprint density at radius 3 is 2.29 bits per heavy atom. The number of rotatable bonds is 11. The Balaban J connectivity index is 3.83. The maximum absolute atomic E-state index is 9.20. The van der Waals surface area contributed by atoms with Gasteiger partial charge in [0.15, 0.2) is 0 Å². The Kier molecular flexibility index (Phi) is 10.9.